The van der Waals surface area contributed by atoms with Gasteiger partial charge in [0.15, 0.2) is 5.17 Å². The van der Waals surface area contributed by atoms with Crippen molar-refractivity contribution in [3.8, 4) is 16.3 Å². The number of carbonyl (C=O) groups excluding carboxylic acids is 1. The van der Waals surface area contributed by atoms with Crippen molar-refractivity contribution in [1.29, 1.82) is 0 Å². The van der Waals surface area contributed by atoms with Crippen molar-refractivity contribution in [2.75, 3.05) is 7.11 Å². The minimum Gasteiger partial charge on any atom is -0.497 e. The molecule has 1 amide bonds. The number of amidine groups is 1. The lowest BCUT2D eigenvalue weighted by atomic mass is 10.2. The van der Waals surface area contributed by atoms with Gasteiger partial charge in [0.1, 0.15) is 16.6 Å². The van der Waals surface area contributed by atoms with Crippen LogP contribution in [0.3, 0.4) is 0 Å². The highest BCUT2D eigenvalue weighted by Gasteiger charge is 2.24. The maximum Gasteiger partial charge on any atom is 0.264 e. The number of nitrogens with one attached hydrogen (secondary N) is 1. The Bertz CT molecular complexity index is 1090. The standard InChI is InChI=1S/C19H13FN4O2S2/c1-26-14-7-5-11(6-8-14)9-15-16(25)21-18(27-15)22-19-24-23-17(28-19)12-3-2-4-13(20)10-12/h2-10H,1H3,(H,21,22,24,25). The molecule has 1 aliphatic heterocycles. The molecular formula is C19H13FN4O2S2. The molecule has 0 atom stereocenters. The maximum absolute atomic E-state index is 13.4. The average Bonchev–Trinajstić information content (AvgIpc) is 3.29. The fraction of sp³-hybridized carbons (Fsp3) is 0.0526. The summed E-state index contributed by atoms with van der Waals surface area (Å²) in [4.78, 5) is 17.0. The highest BCUT2D eigenvalue weighted by Crippen LogP contribution is 2.32. The van der Waals surface area contributed by atoms with Crippen molar-refractivity contribution >= 4 is 45.4 Å². The second kappa shape index (κ2) is 7.91. The zero-order valence-corrected chi connectivity index (χ0v) is 16.2. The molecule has 1 N–H and O–H groups in total. The molecule has 1 aromatic heterocycles. The molecule has 0 saturated carbocycles. The van der Waals surface area contributed by atoms with Gasteiger partial charge in [0.05, 0.1) is 12.0 Å². The lowest BCUT2D eigenvalue weighted by Gasteiger charge is -1.99. The zero-order valence-electron chi connectivity index (χ0n) is 14.5. The Kier molecular flexibility index (Phi) is 5.18. The summed E-state index contributed by atoms with van der Waals surface area (Å²) in [5.41, 5.74) is 1.51. The van der Waals surface area contributed by atoms with Gasteiger partial charge < -0.3 is 10.1 Å². The molecule has 3 aromatic rings. The number of ether oxygens (including phenoxy) is 1. The van der Waals surface area contributed by atoms with Crippen LogP contribution in [0.4, 0.5) is 9.52 Å². The first-order chi connectivity index (χ1) is 13.6. The van der Waals surface area contributed by atoms with Crippen LogP contribution in [-0.4, -0.2) is 28.4 Å². The largest absolute Gasteiger partial charge is 0.497 e. The monoisotopic (exact) mass is 412 g/mol. The molecule has 1 aliphatic rings. The van der Waals surface area contributed by atoms with E-state index in [0.717, 1.165) is 11.3 Å². The van der Waals surface area contributed by atoms with E-state index >= 15 is 0 Å². The van der Waals surface area contributed by atoms with Gasteiger partial charge in [-0.15, -0.1) is 10.2 Å². The summed E-state index contributed by atoms with van der Waals surface area (Å²) in [7, 11) is 1.60. The average molecular weight is 412 g/mol. The molecule has 28 heavy (non-hydrogen) atoms. The molecule has 2 heterocycles. The summed E-state index contributed by atoms with van der Waals surface area (Å²) in [5, 5.41) is 12.1. The molecule has 0 spiro atoms. The Morgan fingerprint density at radius 2 is 2.00 bits per heavy atom. The minimum atomic E-state index is -0.340. The summed E-state index contributed by atoms with van der Waals surface area (Å²) in [6.45, 7) is 0. The Balaban J connectivity index is 1.52. The molecule has 0 unspecified atom stereocenters. The van der Waals surface area contributed by atoms with Gasteiger partial charge in [-0.1, -0.05) is 35.6 Å². The fourth-order valence-electron chi connectivity index (χ4n) is 2.42. The van der Waals surface area contributed by atoms with Gasteiger partial charge in [0.25, 0.3) is 5.91 Å². The number of rotatable bonds is 4. The number of halogens is 1. The summed E-state index contributed by atoms with van der Waals surface area (Å²) in [6, 6.07) is 13.5. The number of hydrogen-bond donors (Lipinski definition) is 1. The Morgan fingerprint density at radius 1 is 1.18 bits per heavy atom. The van der Waals surface area contributed by atoms with Gasteiger partial charge in [-0.05, 0) is 47.7 Å². The number of carbonyl (C=O) groups is 1. The third-order valence-electron chi connectivity index (χ3n) is 3.75. The normalized spacial score (nSPS) is 16.6. The minimum absolute atomic E-state index is 0.227. The van der Waals surface area contributed by atoms with Gasteiger partial charge in [-0.3, -0.25) is 4.79 Å². The quantitative estimate of drug-likeness (QED) is 0.649. The van der Waals surface area contributed by atoms with E-state index in [9.17, 15) is 9.18 Å². The van der Waals surface area contributed by atoms with Crippen LogP contribution in [0.15, 0.2) is 58.4 Å². The van der Waals surface area contributed by atoms with E-state index in [1.165, 1.54) is 35.2 Å². The summed E-state index contributed by atoms with van der Waals surface area (Å²) in [6.07, 6.45) is 1.78. The number of methoxy groups -OCH3 is 1. The Morgan fingerprint density at radius 3 is 2.75 bits per heavy atom. The van der Waals surface area contributed by atoms with E-state index in [0.29, 0.717) is 25.8 Å². The van der Waals surface area contributed by atoms with Gasteiger partial charge in [0, 0.05) is 5.56 Å². The number of aromatic nitrogens is 2. The van der Waals surface area contributed by atoms with E-state index in [-0.39, 0.29) is 11.7 Å². The number of thioether (sulfide) groups is 1. The first-order valence-corrected chi connectivity index (χ1v) is 9.77. The lowest BCUT2D eigenvalue weighted by molar-refractivity contribution is -0.115. The van der Waals surface area contributed by atoms with Crippen LogP contribution in [0.5, 0.6) is 5.75 Å². The second-order valence-electron chi connectivity index (χ2n) is 5.66. The number of hydrogen-bond acceptors (Lipinski definition) is 7. The third-order valence-corrected chi connectivity index (χ3v) is 5.52. The second-order valence-corrected chi connectivity index (χ2v) is 7.64. The van der Waals surface area contributed by atoms with Gasteiger partial charge in [-0.2, -0.15) is 4.99 Å². The predicted molar refractivity (Wildman–Crippen MR) is 109 cm³/mol. The van der Waals surface area contributed by atoms with Crippen molar-refractivity contribution in [2.24, 2.45) is 4.99 Å². The van der Waals surface area contributed by atoms with Crippen molar-refractivity contribution in [3.63, 3.8) is 0 Å². The highest BCUT2D eigenvalue weighted by atomic mass is 32.2. The van der Waals surface area contributed by atoms with Gasteiger partial charge in [-0.25, -0.2) is 4.39 Å². The molecular weight excluding hydrogens is 399 g/mol. The summed E-state index contributed by atoms with van der Waals surface area (Å²) < 4.78 is 18.5. The fourth-order valence-corrected chi connectivity index (χ4v) is 4.02. The van der Waals surface area contributed by atoms with E-state index in [2.05, 4.69) is 20.5 Å². The number of amides is 1. The predicted octanol–water partition coefficient (Wildman–Crippen LogP) is 4.24. The molecule has 140 valence electrons. The van der Waals surface area contributed by atoms with Crippen LogP contribution in [0.1, 0.15) is 5.56 Å². The zero-order chi connectivity index (χ0) is 19.5. The van der Waals surface area contributed by atoms with Crippen molar-refractivity contribution < 1.29 is 13.9 Å². The molecule has 2 aromatic carbocycles. The van der Waals surface area contributed by atoms with Crippen LogP contribution in [0.2, 0.25) is 0 Å². The van der Waals surface area contributed by atoms with E-state index < -0.39 is 0 Å². The summed E-state index contributed by atoms with van der Waals surface area (Å²) in [5.74, 6) is 0.181. The smallest absolute Gasteiger partial charge is 0.264 e. The SMILES string of the molecule is COc1ccc(C=C2SC(=Nc3nnc(-c4cccc(F)c4)s3)NC2=O)cc1. The van der Waals surface area contributed by atoms with Crippen LogP contribution in [0, 0.1) is 5.82 Å². The molecule has 0 bridgehead atoms. The number of nitrogens with zero attached hydrogens (tertiary/aromatic N) is 3. The lowest BCUT2D eigenvalue weighted by Crippen LogP contribution is -2.19. The molecule has 4 rings (SSSR count). The first kappa shape index (κ1) is 18.3. The third kappa shape index (κ3) is 4.10. The van der Waals surface area contributed by atoms with E-state index in [1.807, 2.05) is 24.3 Å². The van der Waals surface area contributed by atoms with E-state index in [1.54, 1.807) is 25.3 Å². The van der Waals surface area contributed by atoms with E-state index in [4.69, 9.17) is 4.74 Å². The molecule has 1 fully saturated rings. The molecule has 9 heteroatoms. The van der Waals surface area contributed by atoms with Gasteiger partial charge >= 0.3 is 0 Å². The van der Waals surface area contributed by atoms with Crippen LogP contribution < -0.4 is 10.1 Å². The maximum atomic E-state index is 13.4. The van der Waals surface area contributed by atoms with Crippen molar-refractivity contribution in [1.82, 2.24) is 15.5 Å². The number of aliphatic imine (C=N–C) groups is 1. The molecule has 1 saturated heterocycles. The molecule has 6 nitrogen and oxygen atoms in total. The van der Waals surface area contributed by atoms with Crippen molar-refractivity contribution in [2.45, 2.75) is 0 Å². The van der Waals surface area contributed by atoms with Crippen LogP contribution in [-0.2, 0) is 4.79 Å². The first-order valence-electron chi connectivity index (χ1n) is 8.14. The van der Waals surface area contributed by atoms with Crippen LogP contribution in [0.25, 0.3) is 16.6 Å². The Hall–Kier alpha value is -3.04. The van der Waals surface area contributed by atoms with Crippen LogP contribution >= 0.6 is 23.1 Å². The van der Waals surface area contributed by atoms with Crippen molar-refractivity contribution in [3.05, 3.63) is 64.8 Å². The molecule has 0 aliphatic carbocycles. The summed E-state index contributed by atoms with van der Waals surface area (Å²) >= 11 is 2.44. The van der Waals surface area contributed by atoms with Gasteiger partial charge in [0.2, 0.25) is 5.13 Å². The molecule has 0 radical (unpaired) electrons. The Labute approximate surface area is 168 Å². The topological polar surface area (TPSA) is 76.5 Å². The number of benzene rings is 2. The highest BCUT2D eigenvalue weighted by molar-refractivity contribution is 8.18.